The fourth-order valence-corrected chi connectivity index (χ4v) is 6.90. The van der Waals surface area contributed by atoms with Crippen LogP contribution in [0.2, 0.25) is 0 Å². The SMILES string of the molecule is CC/C=C(/c1cccc(-c2cccc(-c3cccc(C)c3)c2)c1)c1sc2cc3ccccc3cc2c1CC. The average Bonchev–Trinajstić information content (AvgIpc) is 3.31. The van der Waals surface area contributed by atoms with E-state index in [-0.39, 0.29) is 0 Å². The predicted octanol–water partition coefficient (Wildman–Crippen LogP) is 11.1. The Bertz CT molecular complexity index is 1800. The van der Waals surface area contributed by atoms with Gasteiger partial charge in [-0.2, -0.15) is 0 Å². The first-order chi connectivity index (χ1) is 18.6. The first kappa shape index (κ1) is 24.4. The molecule has 5 aromatic carbocycles. The number of benzene rings is 5. The lowest BCUT2D eigenvalue weighted by atomic mass is 9.93. The molecular formula is C37H32S. The molecule has 1 heterocycles. The zero-order valence-electron chi connectivity index (χ0n) is 22.3. The van der Waals surface area contributed by atoms with Crippen LogP contribution in [0, 0.1) is 6.92 Å². The van der Waals surface area contributed by atoms with Crippen molar-refractivity contribution in [3.8, 4) is 22.3 Å². The van der Waals surface area contributed by atoms with Gasteiger partial charge >= 0.3 is 0 Å². The van der Waals surface area contributed by atoms with Crippen molar-refractivity contribution in [2.24, 2.45) is 0 Å². The minimum Gasteiger partial charge on any atom is -0.135 e. The van der Waals surface area contributed by atoms with Gasteiger partial charge in [0.25, 0.3) is 0 Å². The summed E-state index contributed by atoms with van der Waals surface area (Å²) in [6.45, 7) is 6.68. The van der Waals surface area contributed by atoms with E-state index in [1.165, 1.54) is 70.3 Å². The van der Waals surface area contributed by atoms with E-state index in [2.05, 4.69) is 136 Å². The summed E-state index contributed by atoms with van der Waals surface area (Å²) < 4.78 is 1.37. The average molecular weight is 509 g/mol. The van der Waals surface area contributed by atoms with E-state index in [1.807, 2.05) is 11.3 Å². The molecule has 0 radical (unpaired) electrons. The molecule has 6 aromatic rings. The fourth-order valence-electron chi connectivity index (χ4n) is 5.52. The number of rotatable bonds is 6. The van der Waals surface area contributed by atoms with Crippen LogP contribution in [0.5, 0.6) is 0 Å². The van der Waals surface area contributed by atoms with Gasteiger partial charge in [0, 0.05) is 9.58 Å². The lowest BCUT2D eigenvalue weighted by molar-refractivity contribution is 1.16. The largest absolute Gasteiger partial charge is 0.135 e. The standard InChI is InChI=1S/C37H32S/c1-4-11-34(37-33(5-2)35-23-30-13-6-7-14-31(30)24-36(35)38-37)32-19-10-18-29(22-32)28-17-9-16-27(21-28)26-15-8-12-25(3)20-26/h6-24H,4-5H2,1-3H3/b34-11-. The second-order valence-electron chi connectivity index (χ2n) is 10.0. The highest BCUT2D eigenvalue weighted by Crippen LogP contribution is 2.41. The summed E-state index contributed by atoms with van der Waals surface area (Å²) in [6, 6.07) is 40.2. The van der Waals surface area contributed by atoms with E-state index >= 15 is 0 Å². The van der Waals surface area contributed by atoms with Crippen molar-refractivity contribution in [2.45, 2.75) is 33.6 Å². The molecule has 1 aromatic heterocycles. The van der Waals surface area contributed by atoms with Crippen molar-refractivity contribution < 1.29 is 0 Å². The van der Waals surface area contributed by atoms with Crippen molar-refractivity contribution in [3.63, 3.8) is 0 Å². The van der Waals surface area contributed by atoms with Crippen LogP contribution in [0.25, 0.3) is 48.7 Å². The van der Waals surface area contributed by atoms with Crippen LogP contribution in [0.15, 0.2) is 115 Å². The topological polar surface area (TPSA) is 0 Å². The molecule has 0 atom stereocenters. The lowest BCUT2D eigenvalue weighted by Crippen LogP contribution is -1.91. The van der Waals surface area contributed by atoms with Crippen LogP contribution < -0.4 is 0 Å². The second-order valence-corrected chi connectivity index (χ2v) is 11.1. The molecule has 0 N–H and O–H groups in total. The Labute approximate surface area is 229 Å². The highest BCUT2D eigenvalue weighted by Gasteiger charge is 2.17. The molecule has 186 valence electrons. The fraction of sp³-hybridized carbons (Fsp3) is 0.135. The summed E-state index contributed by atoms with van der Waals surface area (Å²) in [5, 5.41) is 4.03. The van der Waals surface area contributed by atoms with E-state index < -0.39 is 0 Å². The predicted molar refractivity (Wildman–Crippen MR) is 168 cm³/mol. The van der Waals surface area contributed by atoms with E-state index in [1.54, 1.807) is 0 Å². The molecule has 38 heavy (non-hydrogen) atoms. The Kier molecular flexibility index (Phi) is 6.70. The zero-order valence-corrected chi connectivity index (χ0v) is 23.1. The molecule has 1 heteroatoms. The van der Waals surface area contributed by atoms with Crippen LogP contribution in [-0.4, -0.2) is 0 Å². The van der Waals surface area contributed by atoms with E-state index in [4.69, 9.17) is 0 Å². The Hall–Kier alpha value is -3.94. The highest BCUT2D eigenvalue weighted by atomic mass is 32.1. The number of aryl methyl sites for hydroxylation is 2. The van der Waals surface area contributed by atoms with Gasteiger partial charge in [0.1, 0.15) is 0 Å². The van der Waals surface area contributed by atoms with Gasteiger partial charge in [0.15, 0.2) is 0 Å². The first-order valence-electron chi connectivity index (χ1n) is 13.6. The van der Waals surface area contributed by atoms with Gasteiger partial charge in [-0.15, -0.1) is 11.3 Å². The van der Waals surface area contributed by atoms with Crippen molar-refractivity contribution in [1.82, 2.24) is 0 Å². The quantitative estimate of drug-likeness (QED) is 0.210. The minimum atomic E-state index is 1.00. The Morgan fingerprint density at radius 2 is 1.29 bits per heavy atom. The van der Waals surface area contributed by atoms with Crippen molar-refractivity contribution in [2.75, 3.05) is 0 Å². The third-order valence-electron chi connectivity index (χ3n) is 7.39. The molecule has 6 rings (SSSR count). The van der Waals surface area contributed by atoms with Crippen LogP contribution in [-0.2, 0) is 6.42 Å². The maximum Gasteiger partial charge on any atom is 0.0390 e. The van der Waals surface area contributed by atoms with E-state index in [0.717, 1.165) is 12.8 Å². The van der Waals surface area contributed by atoms with Crippen LogP contribution in [0.4, 0.5) is 0 Å². The number of hydrogen-bond acceptors (Lipinski definition) is 1. The van der Waals surface area contributed by atoms with Crippen molar-refractivity contribution in [1.29, 1.82) is 0 Å². The summed E-state index contributed by atoms with van der Waals surface area (Å²) in [5.74, 6) is 0. The molecule has 0 aliphatic carbocycles. The molecule has 0 aliphatic rings. The second kappa shape index (κ2) is 10.4. The normalized spacial score (nSPS) is 11.9. The molecule has 0 unspecified atom stereocenters. The number of hydrogen-bond donors (Lipinski definition) is 0. The zero-order chi connectivity index (χ0) is 26.1. The van der Waals surface area contributed by atoms with Crippen molar-refractivity contribution >= 4 is 37.8 Å². The van der Waals surface area contributed by atoms with Crippen LogP contribution in [0.3, 0.4) is 0 Å². The maximum atomic E-state index is 2.41. The summed E-state index contributed by atoms with van der Waals surface area (Å²) in [6.07, 6.45) is 4.43. The molecule has 0 saturated carbocycles. The maximum absolute atomic E-state index is 2.41. The Balaban J connectivity index is 1.45. The molecule has 0 spiro atoms. The molecule has 0 fully saturated rings. The van der Waals surface area contributed by atoms with Gasteiger partial charge in [-0.25, -0.2) is 0 Å². The number of allylic oxidation sites excluding steroid dienone is 1. The molecule has 0 bridgehead atoms. The first-order valence-corrected chi connectivity index (χ1v) is 14.4. The minimum absolute atomic E-state index is 1.00. The summed E-state index contributed by atoms with van der Waals surface area (Å²) >= 11 is 1.94. The van der Waals surface area contributed by atoms with E-state index in [9.17, 15) is 0 Å². The van der Waals surface area contributed by atoms with Crippen molar-refractivity contribution in [3.05, 3.63) is 137 Å². The van der Waals surface area contributed by atoms with Crippen LogP contribution in [0.1, 0.15) is 41.8 Å². The Morgan fingerprint density at radius 1 is 0.658 bits per heavy atom. The van der Waals surface area contributed by atoms with E-state index in [0.29, 0.717) is 0 Å². The molecule has 0 amide bonds. The molecule has 0 saturated heterocycles. The monoisotopic (exact) mass is 508 g/mol. The van der Waals surface area contributed by atoms with Crippen LogP contribution >= 0.6 is 11.3 Å². The summed E-state index contributed by atoms with van der Waals surface area (Å²) in [5.41, 5.74) is 10.4. The van der Waals surface area contributed by atoms with Gasteiger partial charge in [-0.3, -0.25) is 0 Å². The van der Waals surface area contributed by atoms with Gasteiger partial charge in [-0.1, -0.05) is 110 Å². The third kappa shape index (κ3) is 4.59. The van der Waals surface area contributed by atoms with Gasteiger partial charge in [0.2, 0.25) is 0 Å². The van der Waals surface area contributed by atoms with Gasteiger partial charge < -0.3 is 0 Å². The lowest BCUT2D eigenvalue weighted by Gasteiger charge is -2.12. The number of fused-ring (bicyclic) bond motifs is 2. The summed E-state index contributed by atoms with van der Waals surface area (Å²) in [7, 11) is 0. The number of thiophene rings is 1. The highest BCUT2D eigenvalue weighted by molar-refractivity contribution is 7.20. The summed E-state index contributed by atoms with van der Waals surface area (Å²) in [4.78, 5) is 1.41. The molecule has 0 aliphatic heterocycles. The van der Waals surface area contributed by atoms with Gasteiger partial charge in [-0.05, 0) is 99.1 Å². The molecule has 0 nitrogen and oxygen atoms in total. The van der Waals surface area contributed by atoms with Gasteiger partial charge in [0.05, 0.1) is 0 Å². The smallest absolute Gasteiger partial charge is 0.0390 e. The Morgan fingerprint density at radius 3 is 1.97 bits per heavy atom. The third-order valence-corrected chi connectivity index (χ3v) is 8.61. The molecular weight excluding hydrogens is 476 g/mol.